The van der Waals surface area contributed by atoms with Crippen molar-refractivity contribution in [2.75, 3.05) is 7.11 Å². The van der Waals surface area contributed by atoms with Gasteiger partial charge in [-0.05, 0) is 37.4 Å². The quantitative estimate of drug-likeness (QED) is 0.929. The molecule has 1 atom stereocenters. The number of ether oxygens (including phenoxy) is 2. The Kier molecular flexibility index (Phi) is 4.31. The van der Waals surface area contributed by atoms with E-state index in [9.17, 15) is 4.79 Å². The molecule has 1 N–H and O–H groups in total. The van der Waals surface area contributed by atoms with E-state index in [4.69, 9.17) is 9.47 Å². The summed E-state index contributed by atoms with van der Waals surface area (Å²) in [5.41, 5.74) is 0.671. The molecule has 1 aromatic heterocycles. The van der Waals surface area contributed by atoms with E-state index in [0.29, 0.717) is 6.42 Å². The molecule has 0 bridgehead atoms. The van der Waals surface area contributed by atoms with Gasteiger partial charge in [-0.2, -0.15) is 0 Å². The van der Waals surface area contributed by atoms with Gasteiger partial charge in [-0.3, -0.25) is 4.79 Å². The molecular weight excluding hydrogens is 310 g/mol. The van der Waals surface area contributed by atoms with Crippen LogP contribution in [0.1, 0.15) is 36.8 Å². The number of nitrogens with one attached hydrogen (secondary N) is 1. The summed E-state index contributed by atoms with van der Waals surface area (Å²) in [5.74, 6) is 1.57. The summed E-state index contributed by atoms with van der Waals surface area (Å²) in [7, 11) is 1.63. The molecular formula is C18H21NO3S. The van der Waals surface area contributed by atoms with Gasteiger partial charge in [-0.25, -0.2) is 0 Å². The Bertz CT molecular complexity index is 694. The largest absolute Gasteiger partial charge is 0.497 e. The number of rotatable bonds is 4. The fourth-order valence-electron chi connectivity index (χ4n) is 2.90. The van der Waals surface area contributed by atoms with Gasteiger partial charge in [0.05, 0.1) is 19.6 Å². The van der Waals surface area contributed by atoms with Crippen LogP contribution in [-0.2, 0) is 11.2 Å². The van der Waals surface area contributed by atoms with Crippen LogP contribution >= 0.6 is 11.3 Å². The van der Waals surface area contributed by atoms with Crippen LogP contribution in [0.3, 0.4) is 0 Å². The van der Waals surface area contributed by atoms with Crippen LogP contribution in [0.5, 0.6) is 11.5 Å². The highest BCUT2D eigenvalue weighted by molar-refractivity contribution is 7.10. The molecule has 0 aliphatic carbocycles. The molecule has 1 amide bonds. The average molecular weight is 331 g/mol. The molecule has 0 radical (unpaired) electrons. The summed E-state index contributed by atoms with van der Waals surface area (Å²) >= 11 is 1.60. The molecule has 0 fully saturated rings. The Morgan fingerprint density at radius 1 is 1.43 bits per heavy atom. The maximum atomic E-state index is 12.4. The van der Waals surface area contributed by atoms with Crippen LogP contribution in [-0.4, -0.2) is 18.6 Å². The van der Waals surface area contributed by atoms with Gasteiger partial charge in [0.2, 0.25) is 5.91 Å². The molecule has 1 unspecified atom stereocenters. The van der Waals surface area contributed by atoms with Crippen LogP contribution in [0, 0.1) is 0 Å². The van der Waals surface area contributed by atoms with Crippen molar-refractivity contribution in [2.45, 2.75) is 38.3 Å². The molecule has 1 aromatic carbocycles. The van der Waals surface area contributed by atoms with Crippen LogP contribution in [0.4, 0.5) is 0 Å². The number of amides is 1. The van der Waals surface area contributed by atoms with Crippen LogP contribution in [0.25, 0.3) is 0 Å². The van der Waals surface area contributed by atoms with Crippen molar-refractivity contribution in [3.63, 3.8) is 0 Å². The number of carbonyl (C=O) groups is 1. The first-order valence-corrected chi connectivity index (χ1v) is 8.53. The van der Waals surface area contributed by atoms with Crippen molar-refractivity contribution in [1.82, 2.24) is 5.32 Å². The number of carbonyl (C=O) groups excluding carboxylic acids is 1. The van der Waals surface area contributed by atoms with Crippen molar-refractivity contribution in [3.05, 3.63) is 46.2 Å². The standard InChI is InChI=1S/C18H21NO3S/c1-18(2)11-15(19-17(20)10-13-5-4-8-23-13)14-7-6-12(21-3)9-16(14)22-18/h4-9,15H,10-11H2,1-3H3,(H,19,20). The molecule has 1 aliphatic rings. The molecule has 5 heteroatoms. The van der Waals surface area contributed by atoms with E-state index in [0.717, 1.165) is 28.4 Å². The molecule has 122 valence electrons. The molecule has 4 nitrogen and oxygen atoms in total. The first kappa shape index (κ1) is 15.9. The molecule has 23 heavy (non-hydrogen) atoms. The Labute approximate surface area is 140 Å². The highest BCUT2D eigenvalue weighted by Gasteiger charge is 2.34. The SMILES string of the molecule is COc1ccc2c(c1)OC(C)(C)CC2NC(=O)Cc1cccs1. The first-order valence-electron chi connectivity index (χ1n) is 7.65. The number of methoxy groups -OCH3 is 1. The van der Waals surface area contributed by atoms with Gasteiger partial charge in [0.25, 0.3) is 0 Å². The molecule has 1 aliphatic heterocycles. The second-order valence-corrected chi connectivity index (χ2v) is 7.38. The lowest BCUT2D eigenvalue weighted by Crippen LogP contribution is -2.41. The molecule has 0 saturated carbocycles. The van der Waals surface area contributed by atoms with Crippen molar-refractivity contribution in [2.24, 2.45) is 0 Å². The van der Waals surface area contributed by atoms with E-state index < -0.39 is 0 Å². The first-order chi connectivity index (χ1) is 11.0. The lowest BCUT2D eigenvalue weighted by Gasteiger charge is -2.38. The fraction of sp³-hybridized carbons (Fsp3) is 0.389. The van der Waals surface area contributed by atoms with E-state index in [1.807, 2.05) is 49.6 Å². The number of fused-ring (bicyclic) bond motifs is 1. The minimum Gasteiger partial charge on any atom is -0.497 e. The van der Waals surface area contributed by atoms with Gasteiger partial charge in [-0.15, -0.1) is 11.3 Å². The highest BCUT2D eigenvalue weighted by Crippen LogP contribution is 2.41. The van der Waals surface area contributed by atoms with Gasteiger partial charge < -0.3 is 14.8 Å². The summed E-state index contributed by atoms with van der Waals surface area (Å²) in [6, 6.07) is 9.66. The third-order valence-corrected chi connectivity index (χ3v) is 4.80. The summed E-state index contributed by atoms with van der Waals surface area (Å²) < 4.78 is 11.3. The number of hydrogen-bond donors (Lipinski definition) is 1. The monoisotopic (exact) mass is 331 g/mol. The van der Waals surface area contributed by atoms with E-state index in [-0.39, 0.29) is 17.6 Å². The zero-order chi connectivity index (χ0) is 16.4. The highest BCUT2D eigenvalue weighted by atomic mass is 32.1. The Morgan fingerprint density at radius 2 is 2.26 bits per heavy atom. The fourth-order valence-corrected chi connectivity index (χ4v) is 3.61. The average Bonchev–Trinajstić information content (AvgIpc) is 2.98. The predicted octanol–water partition coefficient (Wildman–Crippen LogP) is 3.72. The second-order valence-electron chi connectivity index (χ2n) is 6.35. The zero-order valence-electron chi connectivity index (χ0n) is 13.6. The van der Waals surface area contributed by atoms with Gasteiger partial charge in [0.15, 0.2) is 0 Å². The summed E-state index contributed by atoms with van der Waals surface area (Å²) in [6.45, 7) is 4.07. The Hall–Kier alpha value is -2.01. The van der Waals surface area contributed by atoms with Gasteiger partial charge >= 0.3 is 0 Å². The lowest BCUT2D eigenvalue weighted by molar-refractivity contribution is -0.121. The van der Waals surface area contributed by atoms with Crippen LogP contribution in [0.2, 0.25) is 0 Å². The van der Waals surface area contributed by atoms with Crippen molar-refractivity contribution in [3.8, 4) is 11.5 Å². The van der Waals surface area contributed by atoms with E-state index >= 15 is 0 Å². The maximum absolute atomic E-state index is 12.4. The number of benzene rings is 1. The lowest BCUT2D eigenvalue weighted by atomic mass is 9.89. The third-order valence-electron chi connectivity index (χ3n) is 3.93. The van der Waals surface area contributed by atoms with Crippen LogP contribution < -0.4 is 14.8 Å². The minimum atomic E-state index is -0.333. The summed E-state index contributed by atoms with van der Waals surface area (Å²) in [5, 5.41) is 5.14. The van der Waals surface area contributed by atoms with Crippen molar-refractivity contribution < 1.29 is 14.3 Å². The molecule has 0 spiro atoms. The summed E-state index contributed by atoms with van der Waals surface area (Å²) in [6.07, 6.45) is 1.16. The smallest absolute Gasteiger partial charge is 0.225 e. The third kappa shape index (κ3) is 3.67. The molecule has 3 rings (SSSR count). The maximum Gasteiger partial charge on any atom is 0.225 e. The Morgan fingerprint density at radius 3 is 2.96 bits per heavy atom. The van der Waals surface area contributed by atoms with E-state index in [1.165, 1.54) is 0 Å². The number of hydrogen-bond acceptors (Lipinski definition) is 4. The van der Waals surface area contributed by atoms with Gasteiger partial charge in [0, 0.05) is 22.9 Å². The van der Waals surface area contributed by atoms with E-state index in [2.05, 4.69) is 5.32 Å². The normalized spacial score (nSPS) is 18.7. The minimum absolute atomic E-state index is 0.0388. The molecule has 2 aromatic rings. The second kappa shape index (κ2) is 6.24. The summed E-state index contributed by atoms with van der Waals surface area (Å²) in [4.78, 5) is 13.4. The molecule has 0 saturated heterocycles. The predicted molar refractivity (Wildman–Crippen MR) is 91.2 cm³/mol. The number of thiophene rings is 1. The van der Waals surface area contributed by atoms with E-state index in [1.54, 1.807) is 18.4 Å². The topological polar surface area (TPSA) is 47.6 Å². The zero-order valence-corrected chi connectivity index (χ0v) is 14.4. The van der Waals surface area contributed by atoms with Gasteiger partial charge in [0.1, 0.15) is 17.1 Å². The van der Waals surface area contributed by atoms with Crippen molar-refractivity contribution in [1.29, 1.82) is 0 Å². The van der Waals surface area contributed by atoms with Gasteiger partial charge in [-0.1, -0.05) is 6.07 Å². The van der Waals surface area contributed by atoms with Crippen LogP contribution in [0.15, 0.2) is 35.7 Å². The van der Waals surface area contributed by atoms with Crippen molar-refractivity contribution >= 4 is 17.2 Å². The molecule has 2 heterocycles. The Balaban J connectivity index is 1.80.